The third-order valence-electron chi connectivity index (χ3n) is 3.10. The molecule has 0 radical (unpaired) electrons. The Balaban J connectivity index is 0.00000128. The highest BCUT2D eigenvalue weighted by Crippen LogP contribution is 2.14. The molecule has 1 unspecified atom stereocenters. The maximum Gasteiger partial charge on any atom is 0.0364 e. The van der Waals surface area contributed by atoms with Crippen LogP contribution in [0.3, 0.4) is 0 Å². The van der Waals surface area contributed by atoms with Gasteiger partial charge in [-0.15, -0.1) is 24.8 Å². The Bertz CT molecular complexity index is 287. The van der Waals surface area contributed by atoms with Crippen LogP contribution in [0.2, 0.25) is 0 Å². The highest BCUT2D eigenvalue weighted by atomic mass is 35.5. The summed E-state index contributed by atoms with van der Waals surface area (Å²) in [5.41, 5.74) is 1.31. The summed E-state index contributed by atoms with van der Waals surface area (Å²) >= 11 is 0. The van der Waals surface area contributed by atoms with Crippen molar-refractivity contribution in [3.05, 3.63) is 30.3 Å². The average molecular weight is 277 g/mol. The Kier molecular flexibility index (Phi) is 8.40. The minimum atomic E-state index is 0. The van der Waals surface area contributed by atoms with Gasteiger partial charge >= 0.3 is 0 Å². The smallest absolute Gasteiger partial charge is 0.0364 e. The van der Waals surface area contributed by atoms with Crippen LogP contribution >= 0.6 is 24.8 Å². The van der Waals surface area contributed by atoms with Crippen LogP contribution in [0.5, 0.6) is 0 Å². The summed E-state index contributed by atoms with van der Waals surface area (Å²) in [6.45, 7) is 2.30. The number of hydrogen-bond donors (Lipinski definition) is 1. The maximum absolute atomic E-state index is 3.58. The standard InChI is InChI=1S/C13H20N2.2ClH/c1-15(13-8-3-2-4-9-13)11-12-7-5-6-10-14-12;;/h2-4,8-9,12,14H,5-7,10-11H2,1H3;2*1H. The molecule has 1 aliphatic rings. The summed E-state index contributed by atoms with van der Waals surface area (Å²) in [6.07, 6.45) is 4.03. The van der Waals surface area contributed by atoms with Crippen LogP contribution in [0, 0.1) is 0 Å². The van der Waals surface area contributed by atoms with Crippen molar-refractivity contribution in [3.63, 3.8) is 0 Å². The molecule has 1 atom stereocenters. The molecular formula is C13H22Cl2N2. The molecule has 0 amide bonds. The van der Waals surface area contributed by atoms with Crippen molar-refractivity contribution < 1.29 is 0 Å². The van der Waals surface area contributed by atoms with Gasteiger partial charge in [-0.25, -0.2) is 0 Å². The topological polar surface area (TPSA) is 15.3 Å². The predicted molar refractivity (Wildman–Crippen MR) is 79.8 cm³/mol. The van der Waals surface area contributed by atoms with Crippen LogP contribution in [0.4, 0.5) is 5.69 Å². The number of anilines is 1. The number of para-hydroxylation sites is 1. The SMILES string of the molecule is CN(CC1CCCCN1)c1ccccc1.Cl.Cl. The normalized spacial score (nSPS) is 18.8. The van der Waals surface area contributed by atoms with Gasteiger partial charge in [-0.2, -0.15) is 0 Å². The van der Waals surface area contributed by atoms with Gasteiger partial charge in [0.25, 0.3) is 0 Å². The van der Waals surface area contributed by atoms with Gasteiger partial charge in [0, 0.05) is 25.3 Å². The predicted octanol–water partition coefficient (Wildman–Crippen LogP) is 3.11. The van der Waals surface area contributed by atoms with Gasteiger partial charge in [-0.3, -0.25) is 0 Å². The Morgan fingerprint density at radius 2 is 1.88 bits per heavy atom. The van der Waals surface area contributed by atoms with Crippen molar-refractivity contribution in [1.29, 1.82) is 0 Å². The summed E-state index contributed by atoms with van der Waals surface area (Å²) in [5.74, 6) is 0. The number of nitrogens with zero attached hydrogens (tertiary/aromatic N) is 1. The number of rotatable bonds is 3. The first-order valence-corrected chi connectivity index (χ1v) is 5.86. The zero-order valence-electron chi connectivity index (χ0n) is 10.3. The molecule has 1 heterocycles. The lowest BCUT2D eigenvalue weighted by atomic mass is 10.0. The molecule has 2 rings (SSSR count). The molecule has 0 aromatic heterocycles. The Morgan fingerprint density at radius 3 is 2.47 bits per heavy atom. The molecular weight excluding hydrogens is 255 g/mol. The van der Waals surface area contributed by atoms with Gasteiger partial charge in [0.15, 0.2) is 0 Å². The van der Waals surface area contributed by atoms with Crippen LogP contribution in [-0.2, 0) is 0 Å². The lowest BCUT2D eigenvalue weighted by Crippen LogP contribution is -2.42. The van der Waals surface area contributed by atoms with E-state index >= 15 is 0 Å². The van der Waals surface area contributed by atoms with Crippen molar-refractivity contribution in [2.24, 2.45) is 0 Å². The van der Waals surface area contributed by atoms with Crippen molar-refractivity contribution >= 4 is 30.5 Å². The summed E-state index contributed by atoms with van der Waals surface area (Å²) in [7, 11) is 2.17. The second kappa shape index (κ2) is 8.62. The van der Waals surface area contributed by atoms with E-state index in [2.05, 4.69) is 47.6 Å². The molecule has 1 saturated heterocycles. The van der Waals surface area contributed by atoms with Crippen molar-refractivity contribution in [1.82, 2.24) is 5.32 Å². The van der Waals surface area contributed by atoms with E-state index in [1.165, 1.54) is 31.5 Å². The summed E-state index contributed by atoms with van der Waals surface area (Å²) in [5, 5.41) is 3.58. The molecule has 0 aliphatic carbocycles. The second-order valence-electron chi connectivity index (χ2n) is 4.36. The first-order chi connectivity index (χ1) is 7.36. The van der Waals surface area contributed by atoms with Gasteiger partial charge in [-0.05, 0) is 31.5 Å². The fraction of sp³-hybridized carbons (Fsp3) is 0.538. The van der Waals surface area contributed by atoms with E-state index in [4.69, 9.17) is 0 Å². The lowest BCUT2D eigenvalue weighted by Gasteiger charge is -2.29. The van der Waals surface area contributed by atoms with E-state index in [0.717, 1.165) is 6.54 Å². The van der Waals surface area contributed by atoms with Crippen molar-refractivity contribution in [3.8, 4) is 0 Å². The molecule has 0 saturated carbocycles. The van der Waals surface area contributed by atoms with Gasteiger partial charge in [-0.1, -0.05) is 24.6 Å². The number of halogens is 2. The van der Waals surface area contributed by atoms with E-state index in [1.54, 1.807) is 0 Å². The van der Waals surface area contributed by atoms with Crippen LogP contribution in [0.15, 0.2) is 30.3 Å². The first kappa shape index (κ1) is 16.6. The summed E-state index contributed by atoms with van der Waals surface area (Å²) in [6, 6.07) is 11.3. The van der Waals surface area contributed by atoms with Gasteiger partial charge < -0.3 is 10.2 Å². The molecule has 2 nitrogen and oxygen atoms in total. The van der Waals surface area contributed by atoms with E-state index < -0.39 is 0 Å². The molecule has 1 fully saturated rings. The van der Waals surface area contributed by atoms with Gasteiger partial charge in [0.2, 0.25) is 0 Å². The number of likely N-dealkylation sites (N-methyl/N-ethyl adjacent to an activating group) is 1. The Hall–Kier alpha value is -0.440. The zero-order valence-corrected chi connectivity index (χ0v) is 11.9. The summed E-state index contributed by atoms with van der Waals surface area (Å²) < 4.78 is 0. The van der Waals surface area contributed by atoms with Gasteiger partial charge in [0.05, 0.1) is 0 Å². The molecule has 1 aliphatic heterocycles. The van der Waals surface area contributed by atoms with E-state index in [-0.39, 0.29) is 24.8 Å². The second-order valence-corrected chi connectivity index (χ2v) is 4.36. The highest BCUT2D eigenvalue weighted by molar-refractivity contribution is 5.85. The van der Waals surface area contributed by atoms with Crippen LogP contribution in [0.25, 0.3) is 0 Å². The molecule has 0 spiro atoms. The molecule has 17 heavy (non-hydrogen) atoms. The van der Waals surface area contributed by atoms with Crippen LogP contribution < -0.4 is 10.2 Å². The van der Waals surface area contributed by atoms with E-state index in [0.29, 0.717) is 6.04 Å². The monoisotopic (exact) mass is 276 g/mol. The van der Waals surface area contributed by atoms with E-state index in [1.807, 2.05) is 0 Å². The molecule has 4 heteroatoms. The fourth-order valence-corrected chi connectivity index (χ4v) is 2.20. The Morgan fingerprint density at radius 1 is 1.18 bits per heavy atom. The molecule has 98 valence electrons. The molecule has 1 N–H and O–H groups in total. The number of hydrogen-bond acceptors (Lipinski definition) is 2. The number of nitrogens with one attached hydrogen (secondary N) is 1. The average Bonchev–Trinajstić information content (AvgIpc) is 2.31. The van der Waals surface area contributed by atoms with Crippen LogP contribution in [0.1, 0.15) is 19.3 Å². The number of benzene rings is 1. The Labute approximate surface area is 117 Å². The van der Waals surface area contributed by atoms with Gasteiger partial charge in [0.1, 0.15) is 0 Å². The first-order valence-electron chi connectivity index (χ1n) is 5.86. The summed E-state index contributed by atoms with van der Waals surface area (Å²) in [4.78, 5) is 2.34. The highest BCUT2D eigenvalue weighted by Gasteiger charge is 2.14. The quantitative estimate of drug-likeness (QED) is 0.913. The third-order valence-corrected chi connectivity index (χ3v) is 3.10. The molecule has 1 aromatic carbocycles. The van der Waals surface area contributed by atoms with E-state index in [9.17, 15) is 0 Å². The largest absolute Gasteiger partial charge is 0.373 e. The fourth-order valence-electron chi connectivity index (χ4n) is 2.20. The lowest BCUT2D eigenvalue weighted by molar-refractivity contribution is 0.403. The minimum absolute atomic E-state index is 0. The molecule has 1 aromatic rings. The van der Waals surface area contributed by atoms with Crippen molar-refractivity contribution in [2.75, 3.05) is 25.0 Å². The maximum atomic E-state index is 3.58. The van der Waals surface area contributed by atoms with Crippen molar-refractivity contribution in [2.45, 2.75) is 25.3 Å². The zero-order chi connectivity index (χ0) is 10.5. The van der Waals surface area contributed by atoms with Crippen LogP contribution in [-0.4, -0.2) is 26.2 Å². The third kappa shape index (κ3) is 5.15. The molecule has 0 bridgehead atoms. The minimum Gasteiger partial charge on any atom is -0.373 e. The number of piperidine rings is 1.